The molecule has 1 aliphatic heterocycles. The number of hydrogen-bond donors (Lipinski definition) is 2. The third kappa shape index (κ3) is 4.33. The van der Waals surface area contributed by atoms with Gasteiger partial charge in [0.1, 0.15) is 29.6 Å². The lowest BCUT2D eigenvalue weighted by Crippen LogP contribution is -2.36. The number of aryl methyl sites for hydroxylation is 1. The van der Waals surface area contributed by atoms with E-state index in [1.54, 1.807) is 0 Å². The van der Waals surface area contributed by atoms with E-state index in [9.17, 15) is 8.42 Å². The molecule has 2 aromatic carbocycles. The summed E-state index contributed by atoms with van der Waals surface area (Å²) in [4.78, 5) is 8.84. The van der Waals surface area contributed by atoms with Gasteiger partial charge in [-0.3, -0.25) is 0 Å². The predicted molar refractivity (Wildman–Crippen MR) is 140 cm³/mol. The first-order chi connectivity index (χ1) is 17.4. The summed E-state index contributed by atoms with van der Waals surface area (Å²) >= 11 is 0. The van der Waals surface area contributed by atoms with Crippen LogP contribution in [-0.4, -0.2) is 35.8 Å². The van der Waals surface area contributed by atoms with E-state index in [0.29, 0.717) is 18.3 Å². The van der Waals surface area contributed by atoms with E-state index in [1.165, 1.54) is 23.7 Å². The van der Waals surface area contributed by atoms with Gasteiger partial charge in [0.25, 0.3) is 0 Å². The SMILES string of the molecule is CS(=O)(=O)NCC1CC(n2cc(-c3ccc4c(c3)OC(c3ccccc3)CC4)c3c(N)ncnc32)C1. The van der Waals surface area contributed by atoms with Crippen LogP contribution in [0.15, 0.2) is 61.1 Å². The van der Waals surface area contributed by atoms with Crippen molar-refractivity contribution in [3.8, 4) is 16.9 Å². The summed E-state index contributed by atoms with van der Waals surface area (Å²) in [6.45, 7) is 0.462. The molecule has 186 valence electrons. The van der Waals surface area contributed by atoms with E-state index in [1.807, 2.05) is 18.2 Å². The largest absolute Gasteiger partial charge is 0.485 e. The minimum Gasteiger partial charge on any atom is -0.485 e. The standard InChI is InChI=1S/C27H29N5O3S/c1-36(33,34)31-14-17-11-21(12-17)32-15-22(25-26(28)29-16-30-27(25)32)20-8-7-19-9-10-23(35-24(19)13-20)18-5-3-2-4-6-18/h2-8,13,15-17,21,23,31H,9-12,14H2,1H3,(H2,28,29,30). The zero-order valence-electron chi connectivity index (χ0n) is 20.1. The number of benzene rings is 2. The van der Waals surface area contributed by atoms with Crippen LogP contribution in [0, 0.1) is 5.92 Å². The van der Waals surface area contributed by atoms with Crippen LogP contribution in [0.2, 0.25) is 0 Å². The molecule has 9 heteroatoms. The lowest BCUT2D eigenvalue weighted by Gasteiger charge is -2.36. The van der Waals surface area contributed by atoms with Gasteiger partial charge in [0, 0.05) is 24.3 Å². The molecule has 6 rings (SSSR count). The molecule has 1 saturated carbocycles. The second-order valence-corrected chi connectivity index (χ2v) is 11.7. The summed E-state index contributed by atoms with van der Waals surface area (Å²) in [5, 5.41) is 0.838. The number of hydrogen-bond acceptors (Lipinski definition) is 6. The highest BCUT2D eigenvalue weighted by molar-refractivity contribution is 7.88. The number of nitrogens with one attached hydrogen (secondary N) is 1. The van der Waals surface area contributed by atoms with Crippen LogP contribution in [0.4, 0.5) is 5.82 Å². The van der Waals surface area contributed by atoms with E-state index < -0.39 is 10.0 Å². The van der Waals surface area contributed by atoms with Crippen molar-refractivity contribution in [1.29, 1.82) is 0 Å². The molecule has 1 fully saturated rings. The molecule has 8 nitrogen and oxygen atoms in total. The maximum absolute atomic E-state index is 11.4. The van der Waals surface area contributed by atoms with E-state index in [4.69, 9.17) is 10.5 Å². The molecule has 1 atom stereocenters. The Morgan fingerprint density at radius 3 is 2.72 bits per heavy atom. The van der Waals surface area contributed by atoms with Crippen LogP contribution in [0.25, 0.3) is 22.2 Å². The number of ether oxygens (including phenoxy) is 1. The Morgan fingerprint density at radius 2 is 1.94 bits per heavy atom. The Labute approximate surface area is 210 Å². The van der Waals surface area contributed by atoms with E-state index in [-0.39, 0.29) is 12.1 Å². The average molecular weight is 504 g/mol. The van der Waals surface area contributed by atoms with Gasteiger partial charge in [-0.25, -0.2) is 23.1 Å². The number of nitrogens with zero attached hydrogens (tertiary/aromatic N) is 3. The van der Waals surface area contributed by atoms with Crippen molar-refractivity contribution in [2.24, 2.45) is 5.92 Å². The molecule has 1 aliphatic carbocycles. The smallest absolute Gasteiger partial charge is 0.208 e. The molecule has 3 N–H and O–H groups in total. The third-order valence-electron chi connectivity index (χ3n) is 7.37. The quantitative estimate of drug-likeness (QED) is 0.407. The molecule has 2 aliphatic rings. The van der Waals surface area contributed by atoms with Crippen LogP contribution >= 0.6 is 0 Å². The predicted octanol–water partition coefficient (Wildman–Crippen LogP) is 4.25. The summed E-state index contributed by atoms with van der Waals surface area (Å²) < 4.78 is 34.1. The summed E-state index contributed by atoms with van der Waals surface area (Å²) in [6.07, 6.45) is 8.51. The Morgan fingerprint density at radius 1 is 1.14 bits per heavy atom. The van der Waals surface area contributed by atoms with E-state index in [2.05, 4.69) is 55.8 Å². The van der Waals surface area contributed by atoms with Gasteiger partial charge in [-0.05, 0) is 54.4 Å². The molecule has 0 amide bonds. The van der Waals surface area contributed by atoms with Crippen molar-refractivity contribution in [2.75, 3.05) is 18.5 Å². The normalized spacial score (nSPS) is 21.5. The highest BCUT2D eigenvalue weighted by Gasteiger charge is 2.33. The average Bonchev–Trinajstić information content (AvgIpc) is 3.23. The van der Waals surface area contributed by atoms with Crippen LogP contribution in [-0.2, 0) is 16.4 Å². The number of nitrogen functional groups attached to an aromatic ring is 1. The van der Waals surface area contributed by atoms with Crippen LogP contribution in [0.5, 0.6) is 5.75 Å². The highest BCUT2D eigenvalue weighted by atomic mass is 32.2. The fraction of sp³-hybridized carbons (Fsp3) is 0.333. The van der Waals surface area contributed by atoms with Crippen LogP contribution in [0.3, 0.4) is 0 Å². The minimum absolute atomic E-state index is 0.0381. The Balaban J connectivity index is 1.31. The molecule has 0 radical (unpaired) electrons. The lowest BCUT2D eigenvalue weighted by molar-refractivity contribution is 0.177. The van der Waals surface area contributed by atoms with Crippen LogP contribution in [0.1, 0.15) is 42.5 Å². The van der Waals surface area contributed by atoms with Crippen molar-refractivity contribution in [3.63, 3.8) is 0 Å². The maximum Gasteiger partial charge on any atom is 0.208 e. The third-order valence-corrected chi connectivity index (χ3v) is 8.06. The fourth-order valence-electron chi connectivity index (χ4n) is 5.41. The molecule has 36 heavy (non-hydrogen) atoms. The number of rotatable bonds is 6. The van der Waals surface area contributed by atoms with Crippen molar-refractivity contribution < 1.29 is 13.2 Å². The summed E-state index contributed by atoms with van der Waals surface area (Å²) in [5.74, 6) is 1.65. The number of nitrogens with two attached hydrogens (primary N) is 1. The number of fused-ring (bicyclic) bond motifs is 2. The van der Waals surface area contributed by atoms with Gasteiger partial charge in [0.2, 0.25) is 10.0 Å². The van der Waals surface area contributed by atoms with Crippen molar-refractivity contribution in [2.45, 2.75) is 37.8 Å². The van der Waals surface area contributed by atoms with Crippen molar-refractivity contribution in [1.82, 2.24) is 19.3 Å². The zero-order valence-corrected chi connectivity index (χ0v) is 20.9. The van der Waals surface area contributed by atoms with E-state index in [0.717, 1.165) is 53.6 Å². The van der Waals surface area contributed by atoms with Gasteiger partial charge in [-0.15, -0.1) is 0 Å². The Hall–Kier alpha value is -3.43. The van der Waals surface area contributed by atoms with Gasteiger partial charge < -0.3 is 15.0 Å². The van der Waals surface area contributed by atoms with Crippen molar-refractivity contribution in [3.05, 3.63) is 72.2 Å². The van der Waals surface area contributed by atoms with Gasteiger partial charge in [0.15, 0.2) is 0 Å². The molecule has 4 aromatic rings. The second-order valence-electron chi connectivity index (χ2n) is 9.90. The molecule has 3 heterocycles. The van der Waals surface area contributed by atoms with Gasteiger partial charge in [-0.2, -0.15) is 0 Å². The first-order valence-corrected chi connectivity index (χ1v) is 14.2. The maximum atomic E-state index is 11.4. The zero-order chi connectivity index (χ0) is 24.9. The summed E-state index contributed by atoms with van der Waals surface area (Å²) in [6, 6.07) is 16.9. The molecule has 2 aromatic heterocycles. The first kappa shape index (κ1) is 23.0. The molecule has 0 saturated heterocycles. The Kier molecular flexibility index (Phi) is 5.69. The lowest BCUT2D eigenvalue weighted by atomic mass is 9.80. The number of sulfonamides is 1. The topological polar surface area (TPSA) is 112 Å². The minimum atomic E-state index is -3.18. The molecular formula is C27H29N5O3S. The van der Waals surface area contributed by atoms with Crippen LogP contribution < -0.4 is 15.2 Å². The molecular weight excluding hydrogens is 474 g/mol. The van der Waals surface area contributed by atoms with Gasteiger partial charge >= 0.3 is 0 Å². The monoisotopic (exact) mass is 503 g/mol. The Bertz CT molecular complexity index is 1530. The molecule has 0 bridgehead atoms. The first-order valence-electron chi connectivity index (χ1n) is 12.3. The molecule has 1 unspecified atom stereocenters. The number of aromatic nitrogens is 3. The van der Waals surface area contributed by atoms with Gasteiger partial charge in [0.05, 0.1) is 11.6 Å². The fourth-order valence-corrected chi connectivity index (χ4v) is 5.95. The van der Waals surface area contributed by atoms with Crippen molar-refractivity contribution >= 4 is 26.9 Å². The second kappa shape index (κ2) is 8.90. The number of anilines is 1. The van der Waals surface area contributed by atoms with E-state index >= 15 is 0 Å². The van der Waals surface area contributed by atoms with Gasteiger partial charge in [-0.1, -0.05) is 42.5 Å². The summed E-state index contributed by atoms with van der Waals surface area (Å²) in [5.41, 5.74) is 11.5. The summed E-state index contributed by atoms with van der Waals surface area (Å²) in [7, 11) is -3.18. The highest BCUT2D eigenvalue weighted by Crippen LogP contribution is 2.44. The molecule has 0 spiro atoms.